The summed E-state index contributed by atoms with van der Waals surface area (Å²) < 4.78 is 0. The van der Waals surface area contributed by atoms with E-state index in [0.29, 0.717) is 5.56 Å². The molecule has 0 radical (unpaired) electrons. The standard InChI is InChI=1S/C25H28N4O2/c1-26-19-4-6-20(7-5-19)27-21-8-10-22(11-9-21)28-25(31)18-2-12-23(13-3-18)29-16-14-24(30)15-17-29/h2-13,24,26-27,30H,14-17H2,1H3,(H,28,31). The van der Waals surface area contributed by atoms with E-state index in [9.17, 15) is 9.90 Å². The van der Waals surface area contributed by atoms with Gasteiger partial charge in [0.1, 0.15) is 0 Å². The highest BCUT2D eigenvalue weighted by atomic mass is 16.3. The fourth-order valence-electron chi connectivity index (χ4n) is 3.67. The van der Waals surface area contributed by atoms with Crippen molar-refractivity contribution in [3.8, 4) is 0 Å². The van der Waals surface area contributed by atoms with E-state index in [4.69, 9.17) is 0 Å². The lowest BCUT2D eigenvalue weighted by molar-refractivity contribution is 0.102. The van der Waals surface area contributed by atoms with E-state index in [2.05, 4.69) is 20.9 Å². The molecule has 4 N–H and O–H groups in total. The number of carbonyl (C=O) groups is 1. The molecule has 3 aromatic rings. The first-order valence-electron chi connectivity index (χ1n) is 10.6. The van der Waals surface area contributed by atoms with Crippen LogP contribution in [0, 0.1) is 0 Å². The lowest BCUT2D eigenvalue weighted by atomic mass is 10.1. The van der Waals surface area contributed by atoms with Gasteiger partial charge in [0.15, 0.2) is 0 Å². The molecule has 0 aromatic heterocycles. The third kappa shape index (κ3) is 5.35. The minimum Gasteiger partial charge on any atom is -0.393 e. The molecule has 1 saturated heterocycles. The second-order valence-electron chi connectivity index (χ2n) is 7.75. The molecule has 1 aliphatic rings. The van der Waals surface area contributed by atoms with Gasteiger partial charge >= 0.3 is 0 Å². The zero-order chi connectivity index (χ0) is 21.6. The molecule has 0 saturated carbocycles. The lowest BCUT2D eigenvalue weighted by Crippen LogP contribution is -2.35. The zero-order valence-electron chi connectivity index (χ0n) is 17.6. The van der Waals surface area contributed by atoms with Crippen LogP contribution >= 0.6 is 0 Å². The van der Waals surface area contributed by atoms with Crippen LogP contribution in [0.1, 0.15) is 23.2 Å². The molecule has 160 valence electrons. The molecule has 6 nitrogen and oxygen atoms in total. The van der Waals surface area contributed by atoms with E-state index in [1.807, 2.05) is 79.8 Å². The van der Waals surface area contributed by atoms with Crippen LogP contribution in [0.2, 0.25) is 0 Å². The normalized spacial score (nSPS) is 14.2. The van der Waals surface area contributed by atoms with Gasteiger partial charge in [-0.15, -0.1) is 0 Å². The quantitative estimate of drug-likeness (QED) is 0.469. The van der Waals surface area contributed by atoms with Gasteiger partial charge < -0.3 is 26.0 Å². The fraction of sp³-hybridized carbons (Fsp3) is 0.240. The summed E-state index contributed by atoms with van der Waals surface area (Å²) in [5, 5.41) is 19.0. The summed E-state index contributed by atoms with van der Waals surface area (Å²) in [7, 11) is 1.89. The number of aliphatic hydroxyl groups is 1. The van der Waals surface area contributed by atoms with Crippen LogP contribution in [-0.4, -0.2) is 37.3 Å². The van der Waals surface area contributed by atoms with E-state index >= 15 is 0 Å². The third-order valence-corrected chi connectivity index (χ3v) is 5.56. The molecule has 31 heavy (non-hydrogen) atoms. The third-order valence-electron chi connectivity index (χ3n) is 5.56. The van der Waals surface area contributed by atoms with Crippen LogP contribution in [0.4, 0.5) is 28.4 Å². The van der Waals surface area contributed by atoms with Crippen molar-refractivity contribution < 1.29 is 9.90 Å². The Hall–Kier alpha value is -3.51. The Morgan fingerprint density at radius 3 is 1.87 bits per heavy atom. The first-order chi connectivity index (χ1) is 15.1. The molecule has 1 amide bonds. The molecule has 0 spiro atoms. The number of benzene rings is 3. The predicted octanol–water partition coefficient (Wildman–Crippen LogP) is 4.69. The number of hydrogen-bond acceptors (Lipinski definition) is 5. The molecule has 6 heteroatoms. The van der Waals surface area contributed by atoms with Gasteiger partial charge in [0.25, 0.3) is 5.91 Å². The summed E-state index contributed by atoms with van der Waals surface area (Å²) in [6, 6.07) is 23.3. The summed E-state index contributed by atoms with van der Waals surface area (Å²) in [5.41, 5.74) is 5.46. The van der Waals surface area contributed by atoms with Crippen LogP contribution in [0.15, 0.2) is 72.8 Å². The van der Waals surface area contributed by atoms with Gasteiger partial charge in [0.05, 0.1) is 6.10 Å². The van der Waals surface area contributed by atoms with E-state index in [-0.39, 0.29) is 12.0 Å². The first kappa shape index (κ1) is 20.8. The number of anilines is 5. The van der Waals surface area contributed by atoms with Gasteiger partial charge in [-0.05, 0) is 85.6 Å². The summed E-state index contributed by atoms with van der Waals surface area (Å²) in [6.45, 7) is 1.68. The molecule has 3 aromatic carbocycles. The number of aliphatic hydroxyl groups excluding tert-OH is 1. The largest absolute Gasteiger partial charge is 0.393 e. The Kier molecular flexibility index (Phi) is 6.38. The highest BCUT2D eigenvalue weighted by Crippen LogP contribution is 2.23. The Labute approximate surface area is 182 Å². The number of hydrogen-bond donors (Lipinski definition) is 4. The van der Waals surface area contributed by atoms with Crippen molar-refractivity contribution in [1.82, 2.24) is 0 Å². The highest BCUT2D eigenvalue weighted by Gasteiger charge is 2.17. The van der Waals surface area contributed by atoms with E-state index in [0.717, 1.165) is 54.4 Å². The Balaban J connectivity index is 1.33. The van der Waals surface area contributed by atoms with E-state index in [1.165, 1.54) is 0 Å². The number of nitrogens with one attached hydrogen (secondary N) is 3. The molecular weight excluding hydrogens is 388 g/mol. The van der Waals surface area contributed by atoms with Gasteiger partial charge in [-0.2, -0.15) is 0 Å². The minimum absolute atomic E-state index is 0.135. The van der Waals surface area contributed by atoms with E-state index in [1.54, 1.807) is 0 Å². The second kappa shape index (κ2) is 9.53. The van der Waals surface area contributed by atoms with Crippen molar-refractivity contribution in [3.05, 3.63) is 78.4 Å². The molecule has 0 unspecified atom stereocenters. The SMILES string of the molecule is CNc1ccc(Nc2ccc(NC(=O)c3ccc(N4CCC(O)CC4)cc3)cc2)cc1. The fourth-order valence-corrected chi connectivity index (χ4v) is 3.67. The Bertz CT molecular complexity index is 993. The minimum atomic E-state index is -0.193. The average molecular weight is 417 g/mol. The number of carbonyl (C=O) groups excluding carboxylic acids is 1. The molecular formula is C25H28N4O2. The number of amides is 1. The first-order valence-corrected chi connectivity index (χ1v) is 10.6. The predicted molar refractivity (Wildman–Crippen MR) is 128 cm³/mol. The summed E-state index contributed by atoms with van der Waals surface area (Å²) in [4.78, 5) is 14.8. The second-order valence-corrected chi connectivity index (χ2v) is 7.75. The van der Waals surface area contributed by atoms with Crippen molar-refractivity contribution in [2.75, 3.05) is 41.0 Å². The highest BCUT2D eigenvalue weighted by molar-refractivity contribution is 6.04. The van der Waals surface area contributed by atoms with Crippen molar-refractivity contribution in [2.45, 2.75) is 18.9 Å². The van der Waals surface area contributed by atoms with Gasteiger partial charge in [-0.3, -0.25) is 4.79 Å². The molecule has 0 bridgehead atoms. The summed E-state index contributed by atoms with van der Waals surface area (Å²) >= 11 is 0. The van der Waals surface area contributed by atoms with Crippen LogP contribution in [0.5, 0.6) is 0 Å². The molecule has 1 aliphatic heterocycles. The Morgan fingerprint density at radius 1 is 0.806 bits per heavy atom. The van der Waals surface area contributed by atoms with E-state index < -0.39 is 0 Å². The Morgan fingerprint density at radius 2 is 1.32 bits per heavy atom. The van der Waals surface area contributed by atoms with Gasteiger partial charge in [-0.25, -0.2) is 0 Å². The maximum Gasteiger partial charge on any atom is 0.255 e. The molecule has 4 rings (SSSR count). The van der Waals surface area contributed by atoms with Crippen molar-refractivity contribution >= 4 is 34.3 Å². The molecule has 1 heterocycles. The maximum absolute atomic E-state index is 12.6. The molecule has 0 atom stereocenters. The lowest BCUT2D eigenvalue weighted by Gasteiger charge is -2.31. The topological polar surface area (TPSA) is 76.6 Å². The molecule has 0 aliphatic carbocycles. The van der Waals surface area contributed by atoms with Gasteiger partial charge in [-0.1, -0.05) is 0 Å². The summed E-state index contributed by atoms with van der Waals surface area (Å²) in [6.07, 6.45) is 1.38. The smallest absolute Gasteiger partial charge is 0.255 e. The molecule has 1 fully saturated rings. The van der Waals surface area contributed by atoms with Crippen molar-refractivity contribution in [1.29, 1.82) is 0 Å². The van der Waals surface area contributed by atoms with Crippen LogP contribution < -0.4 is 20.9 Å². The van der Waals surface area contributed by atoms with Crippen molar-refractivity contribution in [2.24, 2.45) is 0 Å². The number of piperidine rings is 1. The maximum atomic E-state index is 12.6. The van der Waals surface area contributed by atoms with Crippen molar-refractivity contribution in [3.63, 3.8) is 0 Å². The zero-order valence-corrected chi connectivity index (χ0v) is 17.6. The average Bonchev–Trinajstić information content (AvgIpc) is 2.81. The van der Waals surface area contributed by atoms with Crippen LogP contribution in [0.3, 0.4) is 0 Å². The summed E-state index contributed by atoms with van der Waals surface area (Å²) in [5.74, 6) is -0.135. The van der Waals surface area contributed by atoms with Gasteiger partial charge in [0, 0.05) is 54.1 Å². The van der Waals surface area contributed by atoms with Crippen LogP contribution in [0.25, 0.3) is 0 Å². The van der Waals surface area contributed by atoms with Gasteiger partial charge in [0.2, 0.25) is 0 Å². The number of rotatable bonds is 6. The monoisotopic (exact) mass is 416 g/mol. The van der Waals surface area contributed by atoms with Crippen LogP contribution in [-0.2, 0) is 0 Å². The number of nitrogens with zero attached hydrogens (tertiary/aromatic N) is 1.